The first kappa shape index (κ1) is 24.7. The highest BCUT2D eigenvalue weighted by atomic mass is 32.2. The van der Waals surface area contributed by atoms with E-state index in [0.29, 0.717) is 43.5 Å². The van der Waals surface area contributed by atoms with E-state index in [2.05, 4.69) is 4.90 Å². The summed E-state index contributed by atoms with van der Waals surface area (Å²) in [5, 5.41) is 0.651. The van der Waals surface area contributed by atoms with E-state index in [1.165, 1.54) is 27.8 Å². The van der Waals surface area contributed by atoms with Crippen LogP contribution >= 0.6 is 11.3 Å². The number of sulfonamides is 1. The molecule has 1 amide bonds. The zero-order chi connectivity index (χ0) is 24.3. The molecule has 1 aliphatic rings. The summed E-state index contributed by atoms with van der Waals surface area (Å²) in [6.45, 7) is 4.81. The summed E-state index contributed by atoms with van der Waals surface area (Å²) in [5.74, 6) is -0.189. The Bertz CT molecular complexity index is 1250. The van der Waals surface area contributed by atoms with Gasteiger partial charge in [0.25, 0.3) is 5.91 Å². The summed E-state index contributed by atoms with van der Waals surface area (Å²) in [5.41, 5.74) is 2.40. The van der Waals surface area contributed by atoms with Crippen molar-refractivity contribution in [3.8, 4) is 0 Å². The number of hydrogen-bond donors (Lipinski definition) is 0. The second kappa shape index (κ2) is 10.5. The van der Waals surface area contributed by atoms with Crippen LogP contribution in [-0.4, -0.2) is 82.0 Å². The van der Waals surface area contributed by atoms with E-state index in [9.17, 15) is 13.2 Å². The topological polar surface area (TPSA) is 83.1 Å². The van der Waals surface area contributed by atoms with Crippen molar-refractivity contribution >= 4 is 42.6 Å². The smallest absolute Gasteiger partial charge is 0.260 e. The van der Waals surface area contributed by atoms with Crippen LogP contribution in [0.25, 0.3) is 10.2 Å². The average Bonchev–Trinajstić information content (AvgIpc) is 3.27. The van der Waals surface area contributed by atoms with E-state index in [1.54, 1.807) is 17.0 Å². The molecule has 0 spiro atoms. The van der Waals surface area contributed by atoms with Gasteiger partial charge in [-0.2, -0.15) is 4.31 Å². The Hall–Kier alpha value is -2.37. The molecule has 0 aliphatic carbocycles. The first-order valence-electron chi connectivity index (χ1n) is 11.3. The lowest BCUT2D eigenvalue weighted by Gasteiger charge is -2.26. The number of aryl methyl sites for hydroxylation is 1. The standard InChI is InChI=1S/C24H30N4O4S2/c1-18-6-4-7-21-22(18)25-24(33-21)28(13-5-12-26(2)3)23(29)19-8-10-20(11-9-19)34(30,31)27-14-16-32-17-15-27/h4,6-11H,5,12-17H2,1-3H3. The minimum absolute atomic E-state index is 0.181. The highest BCUT2D eigenvalue weighted by Gasteiger charge is 2.27. The van der Waals surface area contributed by atoms with Gasteiger partial charge in [0.2, 0.25) is 10.0 Å². The van der Waals surface area contributed by atoms with Gasteiger partial charge in [0.05, 0.1) is 28.3 Å². The van der Waals surface area contributed by atoms with Crippen molar-refractivity contribution in [1.82, 2.24) is 14.2 Å². The zero-order valence-electron chi connectivity index (χ0n) is 19.7. The summed E-state index contributed by atoms with van der Waals surface area (Å²) in [6.07, 6.45) is 0.789. The molecule has 182 valence electrons. The lowest BCUT2D eigenvalue weighted by atomic mass is 10.2. The monoisotopic (exact) mass is 502 g/mol. The maximum Gasteiger partial charge on any atom is 0.260 e. The molecule has 0 atom stereocenters. The molecule has 0 bridgehead atoms. The highest BCUT2D eigenvalue weighted by molar-refractivity contribution is 7.89. The molecule has 0 saturated carbocycles. The van der Waals surface area contributed by atoms with E-state index in [4.69, 9.17) is 9.72 Å². The van der Waals surface area contributed by atoms with Gasteiger partial charge < -0.3 is 9.64 Å². The van der Waals surface area contributed by atoms with Gasteiger partial charge in [0, 0.05) is 25.2 Å². The fourth-order valence-electron chi connectivity index (χ4n) is 3.88. The fourth-order valence-corrected chi connectivity index (χ4v) is 6.36. The van der Waals surface area contributed by atoms with Crippen LogP contribution in [-0.2, 0) is 14.8 Å². The van der Waals surface area contributed by atoms with Crippen LogP contribution in [0, 0.1) is 6.92 Å². The van der Waals surface area contributed by atoms with E-state index in [-0.39, 0.29) is 10.8 Å². The van der Waals surface area contributed by atoms with Gasteiger partial charge in [-0.3, -0.25) is 9.69 Å². The summed E-state index contributed by atoms with van der Waals surface area (Å²) in [7, 11) is 0.392. The van der Waals surface area contributed by atoms with Crippen LogP contribution in [0.4, 0.5) is 5.13 Å². The summed E-state index contributed by atoms with van der Waals surface area (Å²) in [4.78, 5) is 22.3. The Kier molecular flexibility index (Phi) is 7.63. The number of para-hydroxylation sites is 1. The number of rotatable bonds is 8. The maximum atomic E-state index is 13.5. The number of amides is 1. The Morgan fingerprint density at radius 3 is 2.44 bits per heavy atom. The molecule has 0 radical (unpaired) electrons. The van der Waals surface area contributed by atoms with E-state index in [1.807, 2.05) is 39.2 Å². The molecular weight excluding hydrogens is 472 g/mol. The summed E-state index contributed by atoms with van der Waals surface area (Å²) < 4.78 is 33.6. The van der Waals surface area contributed by atoms with E-state index in [0.717, 1.165) is 28.7 Å². The molecule has 3 aromatic rings. The zero-order valence-corrected chi connectivity index (χ0v) is 21.4. The number of anilines is 1. The number of benzene rings is 2. The molecule has 1 aliphatic heterocycles. The number of aromatic nitrogens is 1. The van der Waals surface area contributed by atoms with Crippen LogP contribution in [0.2, 0.25) is 0 Å². The molecule has 34 heavy (non-hydrogen) atoms. The van der Waals surface area contributed by atoms with Crippen molar-refractivity contribution in [1.29, 1.82) is 0 Å². The number of nitrogens with zero attached hydrogens (tertiary/aromatic N) is 4. The van der Waals surface area contributed by atoms with Gasteiger partial charge in [-0.05, 0) is 69.9 Å². The minimum atomic E-state index is -3.61. The third-order valence-electron chi connectivity index (χ3n) is 5.78. The second-order valence-electron chi connectivity index (χ2n) is 8.57. The largest absolute Gasteiger partial charge is 0.379 e. The van der Waals surface area contributed by atoms with Crippen molar-refractivity contribution in [3.63, 3.8) is 0 Å². The Morgan fingerprint density at radius 2 is 1.79 bits per heavy atom. The van der Waals surface area contributed by atoms with Crippen LogP contribution in [0.15, 0.2) is 47.4 Å². The molecule has 0 unspecified atom stereocenters. The average molecular weight is 503 g/mol. The van der Waals surface area contributed by atoms with Crippen LogP contribution < -0.4 is 4.90 Å². The second-order valence-corrected chi connectivity index (χ2v) is 11.5. The molecule has 1 fully saturated rings. The molecule has 2 heterocycles. The molecule has 2 aromatic carbocycles. The maximum absolute atomic E-state index is 13.5. The predicted octanol–water partition coefficient (Wildman–Crippen LogP) is 3.22. The number of thiazole rings is 1. The predicted molar refractivity (Wildman–Crippen MR) is 135 cm³/mol. The van der Waals surface area contributed by atoms with Crippen molar-refractivity contribution in [3.05, 3.63) is 53.6 Å². The third-order valence-corrected chi connectivity index (χ3v) is 8.74. The Balaban J connectivity index is 1.60. The number of morpholine rings is 1. The third kappa shape index (κ3) is 5.31. The molecular formula is C24H30N4O4S2. The lowest BCUT2D eigenvalue weighted by molar-refractivity contribution is 0.0730. The molecule has 10 heteroatoms. The first-order valence-corrected chi connectivity index (χ1v) is 13.5. The van der Waals surface area contributed by atoms with Gasteiger partial charge in [-0.1, -0.05) is 23.5 Å². The minimum Gasteiger partial charge on any atom is -0.379 e. The van der Waals surface area contributed by atoms with Crippen LogP contribution in [0.5, 0.6) is 0 Å². The van der Waals surface area contributed by atoms with Crippen molar-refractivity contribution < 1.29 is 17.9 Å². The number of carbonyl (C=O) groups is 1. The Labute approximate surface area is 204 Å². The molecule has 1 aromatic heterocycles. The first-order chi connectivity index (χ1) is 16.3. The number of carbonyl (C=O) groups excluding carboxylic acids is 1. The van der Waals surface area contributed by atoms with Gasteiger partial charge in [0.15, 0.2) is 5.13 Å². The van der Waals surface area contributed by atoms with Gasteiger partial charge >= 0.3 is 0 Å². The number of ether oxygens (including phenoxy) is 1. The normalized spacial score (nSPS) is 15.2. The van der Waals surface area contributed by atoms with E-state index < -0.39 is 10.0 Å². The number of fused-ring (bicyclic) bond motifs is 1. The quantitative estimate of drug-likeness (QED) is 0.470. The van der Waals surface area contributed by atoms with Crippen LogP contribution in [0.1, 0.15) is 22.3 Å². The molecule has 4 rings (SSSR count). The van der Waals surface area contributed by atoms with Crippen molar-refractivity contribution in [2.75, 3.05) is 58.4 Å². The molecule has 8 nitrogen and oxygen atoms in total. The lowest BCUT2D eigenvalue weighted by Crippen LogP contribution is -2.40. The van der Waals surface area contributed by atoms with Crippen molar-refractivity contribution in [2.45, 2.75) is 18.2 Å². The number of hydrogen-bond acceptors (Lipinski definition) is 7. The van der Waals surface area contributed by atoms with Crippen molar-refractivity contribution in [2.24, 2.45) is 0 Å². The SMILES string of the molecule is Cc1cccc2sc(N(CCCN(C)C)C(=O)c3ccc(S(=O)(=O)N4CCOCC4)cc3)nc12. The summed E-state index contributed by atoms with van der Waals surface area (Å²) >= 11 is 1.49. The highest BCUT2D eigenvalue weighted by Crippen LogP contribution is 2.31. The van der Waals surface area contributed by atoms with Gasteiger partial charge in [-0.25, -0.2) is 13.4 Å². The van der Waals surface area contributed by atoms with E-state index >= 15 is 0 Å². The van der Waals surface area contributed by atoms with Gasteiger partial charge in [0.1, 0.15) is 0 Å². The van der Waals surface area contributed by atoms with Gasteiger partial charge in [-0.15, -0.1) is 0 Å². The Morgan fingerprint density at radius 1 is 1.09 bits per heavy atom. The molecule has 0 N–H and O–H groups in total. The van der Waals surface area contributed by atoms with Crippen LogP contribution in [0.3, 0.4) is 0 Å². The summed E-state index contributed by atoms with van der Waals surface area (Å²) in [6, 6.07) is 12.2. The molecule has 1 saturated heterocycles. The fraction of sp³-hybridized carbons (Fsp3) is 0.417.